The first kappa shape index (κ1) is 19.3. The van der Waals surface area contributed by atoms with Crippen molar-refractivity contribution < 1.29 is 5.11 Å². The second-order valence-corrected chi connectivity index (χ2v) is 7.75. The highest BCUT2D eigenvalue weighted by Gasteiger charge is 2.22. The van der Waals surface area contributed by atoms with Gasteiger partial charge in [-0.1, -0.05) is 11.6 Å². The van der Waals surface area contributed by atoms with Crippen LogP contribution in [0.2, 0.25) is 5.02 Å². The number of rotatable bonds is 6. The molecule has 2 aliphatic rings. The molecule has 0 spiro atoms. The Kier molecular flexibility index (Phi) is 6.62. The highest BCUT2D eigenvalue weighted by Crippen LogP contribution is 2.25. The zero-order valence-corrected chi connectivity index (χ0v) is 15.8. The molecule has 1 saturated carbocycles. The average Bonchev–Trinajstić information content (AvgIpc) is 3.13. The SMILES string of the molecule is N=CC(C(N)=NC1CCC(O)CC1)c1cc(Cl)c(CN2CCCC2)cn1. The Hall–Kier alpha value is -1.50. The molecule has 3 rings (SSSR count). The summed E-state index contributed by atoms with van der Waals surface area (Å²) in [7, 11) is 0. The fourth-order valence-electron chi connectivity index (χ4n) is 3.74. The number of aliphatic hydroxyl groups is 1. The lowest BCUT2D eigenvalue weighted by Gasteiger charge is -2.23. The number of pyridine rings is 1. The zero-order chi connectivity index (χ0) is 18.5. The molecule has 1 saturated heterocycles. The van der Waals surface area contributed by atoms with Crippen LogP contribution in [-0.2, 0) is 6.54 Å². The van der Waals surface area contributed by atoms with Crippen LogP contribution >= 0.6 is 11.6 Å². The van der Waals surface area contributed by atoms with E-state index >= 15 is 0 Å². The Morgan fingerprint density at radius 1 is 1.38 bits per heavy atom. The number of amidine groups is 1. The third-order valence-electron chi connectivity index (χ3n) is 5.35. The quantitative estimate of drug-likeness (QED) is 0.524. The minimum Gasteiger partial charge on any atom is -0.393 e. The minimum absolute atomic E-state index is 0.116. The Morgan fingerprint density at radius 3 is 2.69 bits per heavy atom. The number of halogens is 1. The number of aromatic nitrogens is 1. The van der Waals surface area contributed by atoms with Gasteiger partial charge < -0.3 is 16.2 Å². The molecule has 1 atom stereocenters. The standard InChI is InChI=1S/C19H28ClN5O/c20-17-9-18(23-11-13(17)12-25-7-1-2-8-25)16(10-21)19(22)24-14-3-5-15(26)6-4-14/h9-11,14-16,21,26H,1-8,12H2,(H2,22,24). The van der Waals surface area contributed by atoms with Crippen LogP contribution in [0.5, 0.6) is 0 Å². The van der Waals surface area contributed by atoms with E-state index in [4.69, 9.17) is 22.7 Å². The van der Waals surface area contributed by atoms with E-state index in [9.17, 15) is 5.11 Å². The van der Waals surface area contributed by atoms with Gasteiger partial charge in [-0.3, -0.25) is 14.9 Å². The van der Waals surface area contributed by atoms with Crippen LogP contribution < -0.4 is 5.73 Å². The summed E-state index contributed by atoms with van der Waals surface area (Å²) in [5.41, 5.74) is 7.86. The molecule has 2 fully saturated rings. The zero-order valence-electron chi connectivity index (χ0n) is 15.1. The summed E-state index contributed by atoms with van der Waals surface area (Å²) in [5.74, 6) is -0.0579. The normalized spacial score (nSPS) is 26.0. The summed E-state index contributed by atoms with van der Waals surface area (Å²) in [6.07, 6.45) is 8.51. The first-order valence-corrected chi connectivity index (χ1v) is 9.83. The number of aliphatic imine (C=N–C) groups is 1. The van der Waals surface area contributed by atoms with E-state index in [0.717, 1.165) is 50.9 Å². The molecule has 6 nitrogen and oxygen atoms in total. The summed E-state index contributed by atoms with van der Waals surface area (Å²) in [5, 5.41) is 18.0. The van der Waals surface area contributed by atoms with E-state index in [0.29, 0.717) is 16.6 Å². The molecule has 1 aliphatic carbocycles. The van der Waals surface area contributed by atoms with Crippen molar-refractivity contribution in [3.8, 4) is 0 Å². The monoisotopic (exact) mass is 377 g/mol. The number of aliphatic hydroxyl groups excluding tert-OH is 1. The maximum Gasteiger partial charge on any atom is 0.109 e. The van der Waals surface area contributed by atoms with Gasteiger partial charge in [-0.25, -0.2) is 0 Å². The Balaban J connectivity index is 1.70. The molecule has 26 heavy (non-hydrogen) atoms. The molecule has 7 heteroatoms. The molecule has 2 heterocycles. The van der Waals surface area contributed by atoms with Crippen LogP contribution in [0.15, 0.2) is 17.3 Å². The number of nitrogens with one attached hydrogen (secondary N) is 1. The molecule has 0 aromatic carbocycles. The Labute approximate surface area is 160 Å². The van der Waals surface area contributed by atoms with Gasteiger partial charge in [-0.15, -0.1) is 0 Å². The molecule has 1 unspecified atom stereocenters. The maximum atomic E-state index is 9.61. The van der Waals surface area contributed by atoms with Crippen LogP contribution in [0, 0.1) is 5.41 Å². The van der Waals surface area contributed by atoms with E-state index in [2.05, 4.69) is 14.9 Å². The predicted octanol–water partition coefficient (Wildman–Crippen LogP) is 2.72. The van der Waals surface area contributed by atoms with Gasteiger partial charge in [0.25, 0.3) is 0 Å². The van der Waals surface area contributed by atoms with Gasteiger partial charge in [0.2, 0.25) is 0 Å². The van der Waals surface area contributed by atoms with Gasteiger partial charge in [0, 0.05) is 29.5 Å². The lowest BCUT2D eigenvalue weighted by atomic mass is 9.93. The Morgan fingerprint density at radius 2 is 2.08 bits per heavy atom. The van der Waals surface area contributed by atoms with Crippen LogP contribution in [0.25, 0.3) is 0 Å². The molecule has 1 aromatic rings. The van der Waals surface area contributed by atoms with Crippen molar-refractivity contribution in [3.63, 3.8) is 0 Å². The highest BCUT2D eigenvalue weighted by molar-refractivity contribution is 6.31. The first-order chi connectivity index (χ1) is 12.6. The first-order valence-electron chi connectivity index (χ1n) is 9.45. The van der Waals surface area contributed by atoms with Crippen molar-refractivity contribution in [1.82, 2.24) is 9.88 Å². The van der Waals surface area contributed by atoms with Gasteiger partial charge in [0.1, 0.15) is 5.84 Å². The van der Waals surface area contributed by atoms with Gasteiger partial charge in [0.15, 0.2) is 0 Å². The van der Waals surface area contributed by atoms with Gasteiger partial charge in [0.05, 0.1) is 23.8 Å². The van der Waals surface area contributed by atoms with Crippen molar-refractivity contribution in [1.29, 1.82) is 5.41 Å². The number of nitrogens with two attached hydrogens (primary N) is 1. The lowest BCUT2D eigenvalue weighted by Crippen LogP contribution is -2.28. The van der Waals surface area contributed by atoms with Crippen molar-refractivity contribution in [2.24, 2.45) is 10.7 Å². The summed E-state index contributed by atoms with van der Waals surface area (Å²) < 4.78 is 0. The lowest BCUT2D eigenvalue weighted by molar-refractivity contribution is 0.123. The van der Waals surface area contributed by atoms with Gasteiger partial charge >= 0.3 is 0 Å². The van der Waals surface area contributed by atoms with Crippen molar-refractivity contribution in [2.75, 3.05) is 13.1 Å². The Bertz CT molecular complexity index is 651. The smallest absolute Gasteiger partial charge is 0.109 e. The molecule has 142 valence electrons. The van der Waals surface area contributed by atoms with E-state index in [-0.39, 0.29) is 12.1 Å². The molecule has 4 N–H and O–H groups in total. The van der Waals surface area contributed by atoms with E-state index in [1.807, 2.05) is 6.07 Å². The van der Waals surface area contributed by atoms with Crippen LogP contribution in [0.3, 0.4) is 0 Å². The molecule has 0 radical (unpaired) electrons. The van der Waals surface area contributed by atoms with Crippen LogP contribution in [-0.4, -0.2) is 52.3 Å². The average molecular weight is 378 g/mol. The molecule has 0 bridgehead atoms. The number of nitrogens with zero attached hydrogens (tertiary/aromatic N) is 3. The largest absolute Gasteiger partial charge is 0.393 e. The predicted molar refractivity (Wildman–Crippen MR) is 105 cm³/mol. The van der Waals surface area contributed by atoms with Crippen LogP contribution in [0.4, 0.5) is 0 Å². The topological polar surface area (TPSA) is 98.6 Å². The van der Waals surface area contributed by atoms with E-state index in [1.165, 1.54) is 19.1 Å². The molecule has 1 aliphatic heterocycles. The second kappa shape index (κ2) is 8.93. The molecular weight excluding hydrogens is 350 g/mol. The van der Waals surface area contributed by atoms with Gasteiger partial charge in [-0.05, 0) is 57.7 Å². The number of hydrogen-bond acceptors (Lipinski definition) is 5. The van der Waals surface area contributed by atoms with E-state index < -0.39 is 5.92 Å². The minimum atomic E-state index is -0.458. The molecule has 1 aromatic heterocycles. The number of likely N-dealkylation sites (tertiary alicyclic amines) is 1. The summed E-state index contributed by atoms with van der Waals surface area (Å²) in [4.78, 5) is 11.5. The second-order valence-electron chi connectivity index (χ2n) is 7.34. The fraction of sp³-hybridized carbons (Fsp3) is 0.632. The molecular formula is C19H28ClN5O. The molecule has 0 amide bonds. The van der Waals surface area contributed by atoms with Crippen LogP contribution in [0.1, 0.15) is 55.7 Å². The fourth-order valence-corrected chi connectivity index (χ4v) is 3.96. The maximum absolute atomic E-state index is 9.61. The summed E-state index contributed by atoms with van der Waals surface area (Å²) in [6.45, 7) is 3.03. The van der Waals surface area contributed by atoms with E-state index in [1.54, 1.807) is 6.20 Å². The summed E-state index contributed by atoms with van der Waals surface area (Å²) >= 11 is 6.47. The van der Waals surface area contributed by atoms with Crippen molar-refractivity contribution in [2.45, 2.75) is 63.1 Å². The third-order valence-corrected chi connectivity index (χ3v) is 5.70. The third kappa shape index (κ3) is 4.81. The van der Waals surface area contributed by atoms with Gasteiger partial charge in [-0.2, -0.15) is 0 Å². The van der Waals surface area contributed by atoms with Crippen molar-refractivity contribution >= 4 is 23.7 Å². The van der Waals surface area contributed by atoms with Crippen molar-refractivity contribution in [3.05, 3.63) is 28.5 Å². The summed E-state index contributed by atoms with van der Waals surface area (Å²) in [6, 6.07) is 1.93. The number of hydrogen-bond donors (Lipinski definition) is 3. The highest BCUT2D eigenvalue weighted by atomic mass is 35.5.